The minimum atomic E-state index is 0.264. The van der Waals surface area contributed by atoms with Gasteiger partial charge in [0.25, 0.3) is 0 Å². The first-order valence-electron chi connectivity index (χ1n) is 7.24. The lowest BCUT2D eigenvalue weighted by Gasteiger charge is -2.32. The third-order valence-corrected chi connectivity index (χ3v) is 4.44. The van der Waals surface area contributed by atoms with Gasteiger partial charge in [-0.3, -0.25) is 0 Å². The molecule has 1 aliphatic rings. The van der Waals surface area contributed by atoms with Crippen LogP contribution < -0.4 is 10.5 Å². The van der Waals surface area contributed by atoms with Gasteiger partial charge < -0.3 is 10.5 Å². The molecule has 106 valence electrons. The van der Waals surface area contributed by atoms with E-state index in [1.54, 1.807) is 0 Å². The van der Waals surface area contributed by atoms with E-state index in [1.165, 1.54) is 5.56 Å². The van der Waals surface area contributed by atoms with Gasteiger partial charge in [0.1, 0.15) is 6.10 Å². The summed E-state index contributed by atoms with van der Waals surface area (Å²) in [4.78, 5) is 4.41. The summed E-state index contributed by atoms with van der Waals surface area (Å²) in [5.74, 6) is 1.38. The molecule has 0 unspecified atom stereocenters. The van der Waals surface area contributed by atoms with Crippen LogP contribution in [0, 0.1) is 11.3 Å². The zero-order valence-corrected chi connectivity index (χ0v) is 12.5. The Kier molecular flexibility index (Phi) is 4.14. The van der Waals surface area contributed by atoms with E-state index in [9.17, 15) is 0 Å². The summed E-state index contributed by atoms with van der Waals surface area (Å²) in [5, 5.41) is 0. The number of hydrogen-bond acceptors (Lipinski definition) is 3. The van der Waals surface area contributed by atoms with Crippen LogP contribution in [-0.2, 0) is 6.42 Å². The summed E-state index contributed by atoms with van der Waals surface area (Å²) >= 11 is 0. The van der Waals surface area contributed by atoms with Crippen molar-refractivity contribution in [2.24, 2.45) is 17.1 Å². The summed E-state index contributed by atoms with van der Waals surface area (Å²) < 4.78 is 5.76. The van der Waals surface area contributed by atoms with Gasteiger partial charge >= 0.3 is 0 Å². The molecule has 0 amide bonds. The molecule has 1 heterocycles. The van der Waals surface area contributed by atoms with Gasteiger partial charge in [-0.05, 0) is 36.2 Å². The fraction of sp³-hybridized carbons (Fsp3) is 0.688. The molecule has 0 bridgehead atoms. The summed E-state index contributed by atoms with van der Waals surface area (Å²) in [5.41, 5.74) is 7.31. The second-order valence-corrected chi connectivity index (χ2v) is 6.80. The van der Waals surface area contributed by atoms with Crippen LogP contribution in [-0.4, -0.2) is 17.1 Å². The first kappa shape index (κ1) is 14.3. The molecular weight excluding hydrogens is 236 g/mol. The molecule has 0 spiro atoms. The standard InChI is InChI=1S/C16H26N2O/c1-11(2)16(3,4)9-12-5-6-15(18-10-12)19-14-7-13(17)8-14/h5-6,10-11,13-14H,7-9,17H2,1-4H3/t13-,14-. The number of pyridine rings is 1. The van der Waals surface area contributed by atoms with Crippen LogP contribution in [0.1, 0.15) is 46.1 Å². The molecule has 1 fully saturated rings. The average molecular weight is 262 g/mol. The van der Waals surface area contributed by atoms with Gasteiger partial charge in [-0.15, -0.1) is 0 Å². The number of hydrogen-bond donors (Lipinski definition) is 1. The fourth-order valence-corrected chi connectivity index (χ4v) is 2.19. The van der Waals surface area contributed by atoms with Crippen molar-refractivity contribution in [3.63, 3.8) is 0 Å². The Morgan fingerprint density at radius 1 is 1.37 bits per heavy atom. The maximum absolute atomic E-state index is 5.76. The molecule has 1 aromatic rings. The molecule has 2 rings (SSSR count). The van der Waals surface area contributed by atoms with Crippen LogP contribution in [0.5, 0.6) is 5.88 Å². The van der Waals surface area contributed by atoms with Crippen LogP contribution in [0.2, 0.25) is 0 Å². The molecule has 0 aromatic carbocycles. The van der Waals surface area contributed by atoms with E-state index >= 15 is 0 Å². The lowest BCUT2D eigenvalue weighted by molar-refractivity contribution is 0.0957. The van der Waals surface area contributed by atoms with Crippen LogP contribution in [0.4, 0.5) is 0 Å². The van der Waals surface area contributed by atoms with E-state index in [2.05, 4.69) is 38.7 Å². The normalized spacial score (nSPS) is 23.3. The van der Waals surface area contributed by atoms with Crippen molar-refractivity contribution in [3.8, 4) is 5.88 Å². The van der Waals surface area contributed by atoms with Crippen LogP contribution in [0.25, 0.3) is 0 Å². The van der Waals surface area contributed by atoms with Crippen LogP contribution in [0.3, 0.4) is 0 Å². The Balaban J connectivity index is 1.91. The third-order valence-electron chi connectivity index (χ3n) is 4.44. The fourth-order valence-electron chi connectivity index (χ4n) is 2.19. The molecule has 1 saturated carbocycles. The third kappa shape index (κ3) is 3.69. The minimum Gasteiger partial charge on any atom is -0.474 e. The Hall–Kier alpha value is -1.09. The number of nitrogens with two attached hydrogens (primary N) is 1. The van der Waals surface area contributed by atoms with Crippen molar-refractivity contribution >= 4 is 0 Å². The zero-order valence-electron chi connectivity index (χ0n) is 12.5. The van der Waals surface area contributed by atoms with Crippen LogP contribution >= 0.6 is 0 Å². The second kappa shape index (κ2) is 5.49. The quantitative estimate of drug-likeness (QED) is 0.886. The van der Waals surface area contributed by atoms with E-state index in [-0.39, 0.29) is 6.10 Å². The van der Waals surface area contributed by atoms with Crippen molar-refractivity contribution in [2.45, 2.75) is 59.1 Å². The van der Waals surface area contributed by atoms with E-state index < -0.39 is 0 Å². The van der Waals surface area contributed by atoms with Gasteiger partial charge in [0.05, 0.1) is 0 Å². The lowest BCUT2D eigenvalue weighted by Crippen LogP contribution is -2.43. The smallest absolute Gasteiger partial charge is 0.213 e. The summed E-state index contributed by atoms with van der Waals surface area (Å²) in [6, 6.07) is 4.43. The first-order valence-corrected chi connectivity index (χ1v) is 7.24. The Labute approximate surface area is 116 Å². The van der Waals surface area contributed by atoms with Crippen molar-refractivity contribution < 1.29 is 4.74 Å². The van der Waals surface area contributed by atoms with Crippen LogP contribution in [0.15, 0.2) is 18.3 Å². The highest BCUT2D eigenvalue weighted by atomic mass is 16.5. The largest absolute Gasteiger partial charge is 0.474 e. The van der Waals surface area contributed by atoms with Crippen molar-refractivity contribution in [1.29, 1.82) is 0 Å². The summed E-state index contributed by atoms with van der Waals surface area (Å²) in [7, 11) is 0. The summed E-state index contributed by atoms with van der Waals surface area (Å²) in [6.07, 6.45) is 5.15. The van der Waals surface area contributed by atoms with E-state index in [4.69, 9.17) is 10.5 Å². The lowest BCUT2D eigenvalue weighted by atomic mass is 9.76. The highest BCUT2D eigenvalue weighted by molar-refractivity contribution is 5.19. The molecule has 0 aliphatic heterocycles. The Bertz CT molecular complexity index is 405. The number of nitrogens with zero attached hydrogens (tertiary/aromatic N) is 1. The molecular formula is C16H26N2O. The Morgan fingerprint density at radius 3 is 2.53 bits per heavy atom. The summed E-state index contributed by atoms with van der Waals surface area (Å²) in [6.45, 7) is 9.14. The van der Waals surface area contributed by atoms with Gasteiger partial charge in [-0.1, -0.05) is 33.8 Å². The predicted octanol–water partition coefficient (Wildman–Crippen LogP) is 3.17. The molecule has 3 nitrogen and oxygen atoms in total. The van der Waals surface area contributed by atoms with Gasteiger partial charge in [0, 0.05) is 18.3 Å². The van der Waals surface area contributed by atoms with Gasteiger partial charge in [-0.2, -0.15) is 0 Å². The molecule has 0 saturated heterocycles. The number of ether oxygens (including phenoxy) is 1. The second-order valence-electron chi connectivity index (χ2n) is 6.80. The van der Waals surface area contributed by atoms with E-state index in [0.717, 1.165) is 25.1 Å². The molecule has 2 N–H and O–H groups in total. The predicted molar refractivity (Wildman–Crippen MR) is 78.2 cm³/mol. The van der Waals surface area contributed by atoms with Gasteiger partial charge in [0.15, 0.2) is 0 Å². The van der Waals surface area contributed by atoms with Crippen molar-refractivity contribution in [2.75, 3.05) is 0 Å². The maximum atomic E-state index is 5.76. The maximum Gasteiger partial charge on any atom is 0.213 e. The van der Waals surface area contributed by atoms with Crippen molar-refractivity contribution in [1.82, 2.24) is 4.98 Å². The zero-order chi connectivity index (χ0) is 14.0. The SMILES string of the molecule is CC(C)C(C)(C)Cc1ccc(O[C@H]2C[C@H](N)C2)nc1. The van der Waals surface area contributed by atoms with Crippen molar-refractivity contribution in [3.05, 3.63) is 23.9 Å². The number of aromatic nitrogens is 1. The molecule has 0 radical (unpaired) electrons. The molecule has 0 atom stereocenters. The number of rotatable bonds is 5. The Morgan fingerprint density at radius 2 is 2.05 bits per heavy atom. The highest BCUT2D eigenvalue weighted by Gasteiger charge is 2.28. The van der Waals surface area contributed by atoms with E-state index in [1.807, 2.05) is 12.3 Å². The highest BCUT2D eigenvalue weighted by Crippen LogP contribution is 2.30. The molecule has 3 heteroatoms. The molecule has 19 heavy (non-hydrogen) atoms. The molecule has 1 aliphatic carbocycles. The van der Waals surface area contributed by atoms with E-state index in [0.29, 0.717) is 17.4 Å². The van der Waals surface area contributed by atoms with Gasteiger partial charge in [-0.25, -0.2) is 4.98 Å². The monoisotopic (exact) mass is 262 g/mol. The average Bonchev–Trinajstić information content (AvgIpc) is 2.29. The van der Waals surface area contributed by atoms with Gasteiger partial charge in [0.2, 0.25) is 5.88 Å². The first-order chi connectivity index (χ1) is 8.87. The minimum absolute atomic E-state index is 0.264. The molecule has 1 aromatic heterocycles. The topological polar surface area (TPSA) is 48.1 Å².